The molecule has 1 saturated heterocycles. The van der Waals surface area contributed by atoms with Crippen molar-refractivity contribution < 1.29 is 55.1 Å². The number of hydrogen-bond acceptors (Lipinski definition) is 11. The lowest BCUT2D eigenvalue weighted by Gasteiger charge is -2.72. The third-order valence-corrected chi connectivity index (χ3v) is 15.0. The number of allylic oxidation sites excluding steroid dienone is 2. The molecule has 47 heavy (non-hydrogen) atoms. The van der Waals surface area contributed by atoms with Crippen LogP contribution in [0.2, 0.25) is 0 Å². The summed E-state index contributed by atoms with van der Waals surface area (Å²) in [6, 6.07) is 0. The highest BCUT2D eigenvalue weighted by Crippen LogP contribution is 2.75. The first-order valence-electron chi connectivity index (χ1n) is 17.6. The van der Waals surface area contributed by atoms with Gasteiger partial charge in [0.25, 0.3) is 0 Å². The quantitative estimate of drug-likeness (QED) is 0.160. The Bertz CT molecular complexity index is 1280. The van der Waals surface area contributed by atoms with E-state index in [4.69, 9.17) is 9.47 Å². The average molecular weight is 667 g/mol. The number of carbonyl (C=O) groups is 1. The topological polar surface area (TPSA) is 197 Å². The summed E-state index contributed by atoms with van der Waals surface area (Å²) in [4.78, 5) is 14.4. The Morgan fingerprint density at radius 3 is 2.15 bits per heavy atom. The van der Waals surface area contributed by atoms with Crippen molar-refractivity contribution in [2.24, 2.45) is 50.2 Å². The standard InChI is InChI=1S/C36H58O11/c1-31(2)10-11-36(30(45)47-29-26(43)25(42)24(41)21(16-37)46-29)18(12-31)17-8-9-22-33(5)13-20(39)28(44)32(3,4)27(33)19(38)14-35(22,7)34(17,6)15-23(36)40/h8,18-29,37-44H,9-16H2,1-7H3. The van der Waals surface area contributed by atoms with E-state index in [9.17, 15) is 45.6 Å². The number of hydrogen-bond donors (Lipinski definition) is 8. The fraction of sp³-hybridized carbons (Fsp3) is 0.917. The van der Waals surface area contributed by atoms with Gasteiger partial charge in [-0.25, -0.2) is 0 Å². The molecule has 1 aliphatic heterocycles. The minimum absolute atomic E-state index is 0.0240. The lowest BCUT2D eigenvalue weighted by molar-refractivity contribution is -0.300. The van der Waals surface area contributed by atoms with Crippen LogP contribution in [0, 0.1) is 50.2 Å². The van der Waals surface area contributed by atoms with Gasteiger partial charge < -0.3 is 50.3 Å². The number of ether oxygens (including phenoxy) is 2. The van der Waals surface area contributed by atoms with Crippen molar-refractivity contribution in [3.63, 3.8) is 0 Å². The van der Waals surface area contributed by atoms with E-state index in [1.54, 1.807) is 0 Å². The molecule has 6 rings (SSSR count). The van der Waals surface area contributed by atoms with Gasteiger partial charge >= 0.3 is 5.97 Å². The van der Waals surface area contributed by atoms with Crippen LogP contribution in [-0.4, -0.2) is 109 Å². The molecular weight excluding hydrogens is 608 g/mol. The number of rotatable bonds is 3. The predicted molar refractivity (Wildman–Crippen MR) is 169 cm³/mol. The SMILES string of the molecule is CC1(C)CCC2(C(=O)OC3OC(CO)C(O)C(O)C3O)C(O)CC3(C)C(=CCC4C5(C)CC(O)C(O)C(C)(C)C5C(O)CC43C)C2C1. The zero-order valence-corrected chi connectivity index (χ0v) is 29.0. The van der Waals surface area contributed by atoms with Crippen LogP contribution in [-0.2, 0) is 14.3 Å². The van der Waals surface area contributed by atoms with E-state index < -0.39 is 101 Å². The number of carbonyl (C=O) groups excluding carboxylic acids is 1. The maximum Gasteiger partial charge on any atom is 0.317 e. The molecule has 0 bridgehead atoms. The van der Waals surface area contributed by atoms with E-state index >= 15 is 0 Å². The van der Waals surface area contributed by atoms with Gasteiger partial charge in [-0.05, 0) is 89.8 Å². The van der Waals surface area contributed by atoms with Crippen molar-refractivity contribution >= 4 is 5.97 Å². The van der Waals surface area contributed by atoms with E-state index in [1.165, 1.54) is 0 Å². The summed E-state index contributed by atoms with van der Waals surface area (Å²) in [7, 11) is 0. The van der Waals surface area contributed by atoms with Crippen LogP contribution >= 0.6 is 0 Å². The largest absolute Gasteiger partial charge is 0.432 e. The van der Waals surface area contributed by atoms with E-state index in [0.717, 1.165) is 5.57 Å². The van der Waals surface area contributed by atoms with Gasteiger partial charge in [-0.1, -0.05) is 60.1 Å². The highest BCUT2D eigenvalue weighted by atomic mass is 16.7. The Balaban J connectivity index is 1.41. The molecule has 5 aliphatic carbocycles. The van der Waals surface area contributed by atoms with E-state index in [0.29, 0.717) is 38.5 Å². The summed E-state index contributed by atoms with van der Waals surface area (Å²) in [5.41, 5.74) is -2.84. The molecule has 5 fully saturated rings. The normalized spacial score (nSPS) is 55.0. The van der Waals surface area contributed by atoms with Crippen LogP contribution in [0.1, 0.15) is 93.4 Å². The molecule has 6 aliphatic rings. The van der Waals surface area contributed by atoms with Gasteiger partial charge in [0.15, 0.2) is 0 Å². The van der Waals surface area contributed by atoms with Crippen molar-refractivity contribution in [2.45, 2.75) is 149 Å². The number of fused-ring (bicyclic) bond motifs is 7. The summed E-state index contributed by atoms with van der Waals surface area (Å²) >= 11 is 0. The second-order valence-electron chi connectivity index (χ2n) is 18.3. The lowest BCUT2D eigenvalue weighted by atomic mass is 9.32. The lowest BCUT2D eigenvalue weighted by Crippen LogP contribution is -2.71. The highest BCUT2D eigenvalue weighted by Gasteiger charge is 2.73. The van der Waals surface area contributed by atoms with Crippen LogP contribution in [0.4, 0.5) is 0 Å². The van der Waals surface area contributed by atoms with Crippen molar-refractivity contribution in [3.8, 4) is 0 Å². The molecular formula is C36H58O11. The minimum Gasteiger partial charge on any atom is -0.432 e. The predicted octanol–water partition coefficient (Wildman–Crippen LogP) is 1.40. The monoisotopic (exact) mass is 666 g/mol. The molecule has 0 spiro atoms. The minimum atomic E-state index is -1.75. The second kappa shape index (κ2) is 11.2. The van der Waals surface area contributed by atoms with Gasteiger partial charge in [-0.2, -0.15) is 0 Å². The van der Waals surface area contributed by atoms with E-state index in [2.05, 4.69) is 40.7 Å². The van der Waals surface area contributed by atoms with Gasteiger partial charge in [0.2, 0.25) is 6.29 Å². The first-order valence-corrected chi connectivity index (χ1v) is 17.6. The third-order valence-electron chi connectivity index (χ3n) is 15.0. The number of esters is 1. The fourth-order valence-corrected chi connectivity index (χ4v) is 12.4. The van der Waals surface area contributed by atoms with Gasteiger partial charge in [0.05, 0.1) is 31.0 Å². The smallest absolute Gasteiger partial charge is 0.317 e. The first kappa shape index (κ1) is 35.7. The van der Waals surface area contributed by atoms with Gasteiger partial charge in [0, 0.05) is 0 Å². The van der Waals surface area contributed by atoms with Crippen molar-refractivity contribution in [2.75, 3.05) is 6.61 Å². The molecule has 0 radical (unpaired) electrons. The Kier molecular flexibility index (Phi) is 8.48. The Morgan fingerprint density at radius 2 is 1.51 bits per heavy atom. The van der Waals surface area contributed by atoms with Crippen LogP contribution in [0.15, 0.2) is 11.6 Å². The molecule has 0 aromatic heterocycles. The molecule has 4 saturated carbocycles. The van der Waals surface area contributed by atoms with Crippen molar-refractivity contribution in [3.05, 3.63) is 11.6 Å². The van der Waals surface area contributed by atoms with Gasteiger partial charge in [-0.3, -0.25) is 4.79 Å². The Labute approximate surface area is 278 Å². The van der Waals surface area contributed by atoms with Crippen LogP contribution in [0.5, 0.6) is 0 Å². The summed E-state index contributed by atoms with van der Waals surface area (Å²) in [5, 5.41) is 87.5. The average Bonchev–Trinajstić information content (AvgIpc) is 2.96. The van der Waals surface area contributed by atoms with E-state index in [1.807, 2.05) is 13.8 Å². The van der Waals surface area contributed by atoms with Crippen molar-refractivity contribution in [1.82, 2.24) is 0 Å². The van der Waals surface area contributed by atoms with Crippen LogP contribution in [0.3, 0.4) is 0 Å². The molecule has 8 N–H and O–H groups in total. The first-order chi connectivity index (χ1) is 21.6. The summed E-state index contributed by atoms with van der Waals surface area (Å²) in [6.07, 6.45) is -6.23. The zero-order chi connectivity index (χ0) is 34.9. The summed E-state index contributed by atoms with van der Waals surface area (Å²) in [6.45, 7) is 14.0. The fourth-order valence-electron chi connectivity index (χ4n) is 12.4. The van der Waals surface area contributed by atoms with Crippen LogP contribution in [0.25, 0.3) is 0 Å². The Hall–Kier alpha value is -1.15. The molecule has 0 aromatic carbocycles. The number of aliphatic hydroxyl groups is 8. The molecule has 268 valence electrons. The molecule has 16 unspecified atom stereocenters. The molecule has 0 amide bonds. The van der Waals surface area contributed by atoms with Crippen molar-refractivity contribution in [1.29, 1.82) is 0 Å². The highest BCUT2D eigenvalue weighted by molar-refractivity contribution is 5.80. The van der Waals surface area contributed by atoms with Crippen LogP contribution < -0.4 is 0 Å². The maximum atomic E-state index is 14.4. The summed E-state index contributed by atoms with van der Waals surface area (Å²) < 4.78 is 11.4. The van der Waals surface area contributed by atoms with Gasteiger partial charge in [-0.15, -0.1) is 0 Å². The molecule has 11 nitrogen and oxygen atoms in total. The third kappa shape index (κ3) is 4.74. The number of aliphatic hydroxyl groups excluding tert-OH is 8. The summed E-state index contributed by atoms with van der Waals surface area (Å²) in [5.74, 6) is -1.39. The maximum absolute atomic E-state index is 14.4. The van der Waals surface area contributed by atoms with Gasteiger partial charge in [0.1, 0.15) is 29.8 Å². The molecule has 16 atom stereocenters. The molecule has 1 heterocycles. The van der Waals surface area contributed by atoms with E-state index in [-0.39, 0.29) is 23.7 Å². The molecule has 0 aromatic rings. The second-order valence-corrected chi connectivity index (χ2v) is 18.3. The Morgan fingerprint density at radius 1 is 0.851 bits per heavy atom. The molecule has 11 heteroatoms. The zero-order valence-electron chi connectivity index (χ0n) is 29.0.